The van der Waals surface area contributed by atoms with Crippen molar-refractivity contribution in [3.8, 4) is 0 Å². The number of anilines is 1. The summed E-state index contributed by atoms with van der Waals surface area (Å²) in [5, 5.41) is 9.16. The molecule has 2 fully saturated rings. The van der Waals surface area contributed by atoms with Crippen LogP contribution < -0.4 is 5.73 Å². The molecule has 0 bridgehead atoms. The number of aliphatic hydroxyl groups excluding tert-OH is 1. The van der Waals surface area contributed by atoms with Crippen molar-refractivity contribution in [2.75, 3.05) is 12.3 Å². The summed E-state index contributed by atoms with van der Waals surface area (Å²) in [7, 11) is 0. The summed E-state index contributed by atoms with van der Waals surface area (Å²) in [6, 6.07) is 0. The molecule has 94 valence electrons. The highest BCUT2D eigenvalue weighted by atomic mass is 16.7. The molecule has 4 atom stereocenters. The molecular formula is C10H11N5O3. The van der Waals surface area contributed by atoms with Crippen LogP contribution in [0.3, 0.4) is 0 Å². The second-order valence-electron chi connectivity index (χ2n) is 4.40. The van der Waals surface area contributed by atoms with Gasteiger partial charge in [0.25, 0.3) is 0 Å². The Bertz CT molecular complexity index is 615. The first-order chi connectivity index (χ1) is 8.79. The highest BCUT2D eigenvalue weighted by Crippen LogP contribution is 2.45. The maximum absolute atomic E-state index is 9.16. The molecule has 0 spiro atoms. The van der Waals surface area contributed by atoms with Gasteiger partial charge in [-0.15, -0.1) is 0 Å². The molecule has 3 N–H and O–H groups in total. The van der Waals surface area contributed by atoms with Crippen molar-refractivity contribution >= 4 is 17.0 Å². The third kappa shape index (κ3) is 1.22. The predicted molar refractivity (Wildman–Crippen MR) is 59.4 cm³/mol. The van der Waals surface area contributed by atoms with Gasteiger partial charge in [0.1, 0.15) is 30.2 Å². The van der Waals surface area contributed by atoms with E-state index >= 15 is 0 Å². The first-order valence-electron chi connectivity index (χ1n) is 5.64. The van der Waals surface area contributed by atoms with E-state index in [0.717, 1.165) is 0 Å². The summed E-state index contributed by atoms with van der Waals surface area (Å²) in [6.45, 7) is -0.0541. The monoisotopic (exact) mass is 249 g/mol. The first-order valence-corrected chi connectivity index (χ1v) is 5.64. The van der Waals surface area contributed by atoms with Gasteiger partial charge in [-0.1, -0.05) is 0 Å². The Labute approximate surface area is 101 Å². The van der Waals surface area contributed by atoms with Gasteiger partial charge in [-0.05, 0) is 0 Å². The second kappa shape index (κ2) is 3.37. The van der Waals surface area contributed by atoms with Gasteiger partial charge in [0.15, 0.2) is 17.7 Å². The van der Waals surface area contributed by atoms with Crippen LogP contribution in [0, 0.1) is 0 Å². The Hall–Kier alpha value is -1.77. The van der Waals surface area contributed by atoms with E-state index in [4.69, 9.17) is 20.3 Å². The fourth-order valence-corrected chi connectivity index (χ4v) is 2.43. The number of fused-ring (bicyclic) bond motifs is 2. The molecule has 2 saturated heterocycles. The van der Waals surface area contributed by atoms with Gasteiger partial charge in [0.2, 0.25) is 0 Å². The number of hydrogen-bond donors (Lipinski definition) is 2. The minimum atomic E-state index is -0.313. The van der Waals surface area contributed by atoms with E-state index in [2.05, 4.69) is 15.0 Å². The molecule has 0 unspecified atom stereocenters. The molecule has 2 aliphatic heterocycles. The van der Waals surface area contributed by atoms with E-state index in [0.29, 0.717) is 17.0 Å². The lowest BCUT2D eigenvalue weighted by Gasteiger charge is -2.17. The molecule has 4 heterocycles. The van der Waals surface area contributed by atoms with Gasteiger partial charge in [-0.2, -0.15) is 0 Å². The zero-order valence-electron chi connectivity index (χ0n) is 9.30. The zero-order chi connectivity index (χ0) is 12.3. The molecule has 8 nitrogen and oxygen atoms in total. The van der Waals surface area contributed by atoms with Crippen LogP contribution in [-0.2, 0) is 9.47 Å². The number of aliphatic hydroxyl groups is 1. The van der Waals surface area contributed by atoms with Crippen molar-refractivity contribution in [3.63, 3.8) is 0 Å². The Morgan fingerprint density at radius 2 is 2.17 bits per heavy atom. The lowest BCUT2D eigenvalue weighted by Crippen LogP contribution is -2.22. The number of epoxide rings is 1. The Balaban J connectivity index is 1.78. The van der Waals surface area contributed by atoms with Gasteiger partial charge >= 0.3 is 0 Å². The molecular weight excluding hydrogens is 238 g/mol. The molecule has 2 aliphatic rings. The summed E-state index contributed by atoms with van der Waals surface area (Å²) in [5.74, 6) is 0.337. The van der Waals surface area contributed by atoms with Gasteiger partial charge in [-0.3, -0.25) is 4.57 Å². The fourth-order valence-electron chi connectivity index (χ4n) is 2.43. The normalized spacial score (nSPS) is 33.8. The summed E-state index contributed by atoms with van der Waals surface area (Å²) in [5.41, 5.74) is 6.89. The Morgan fingerprint density at radius 3 is 2.94 bits per heavy atom. The van der Waals surface area contributed by atoms with Crippen molar-refractivity contribution in [1.29, 1.82) is 0 Å². The summed E-state index contributed by atoms with van der Waals surface area (Å²) in [4.78, 5) is 12.2. The van der Waals surface area contributed by atoms with E-state index in [1.54, 1.807) is 10.9 Å². The van der Waals surface area contributed by atoms with Crippen LogP contribution in [0.5, 0.6) is 0 Å². The fraction of sp³-hybridized carbons (Fsp3) is 0.500. The van der Waals surface area contributed by atoms with Gasteiger partial charge in [0.05, 0.1) is 12.9 Å². The standard InChI is InChI=1S/C10H11N5O3/c11-8-5-9(13-2-12-8)15(3-14-5)10-7-6(18-7)4(1-16)17-10/h2-4,6-7,10,16H,1H2,(H2,11,12,13)/t4-,6-,7-,10-/m1/s1. The highest BCUT2D eigenvalue weighted by molar-refractivity contribution is 5.81. The molecule has 0 aliphatic carbocycles. The quantitative estimate of drug-likeness (QED) is 0.661. The maximum Gasteiger partial charge on any atom is 0.167 e. The van der Waals surface area contributed by atoms with E-state index in [9.17, 15) is 0 Å². The number of rotatable bonds is 2. The minimum absolute atomic E-state index is 0.0309. The summed E-state index contributed by atoms with van der Waals surface area (Å²) >= 11 is 0. The molecule has 0 radical (unpaired) electrons. The number of nitrogen functional groups attached to an aromatic ring is 1. The molecule has 0 amide bonds. The summed E-state index contributed by atoms with van der Waals surface area (Å²) in [6.07, 6.45) is 2.33. The van der Waals surface area contributed by atoms with Crippen molar-refractivity contribution < 1.29 is 14.6 Å². The molecule has 2 aromatic heterocycles. The SMILES string of the molecule is Nc1ncnc2c1ncn2[C@@H]1O[C@H](CO)[C@H]2O[C@H]21. The number of nitrogens with zero attached hydrogens (tertiary/aromatic N) is 4. The molecule has 8 heteroatoms. The van der Waals surface area contributed by atoms with Crippen LogP contribution >= 0.6 is 0 Å². The van der Waals surface area contributed by atoms with Crippen LogP contribution in [0.15, 0.2) is 12.7 Å². The molecule has 0 aromatic carbocycles. The third-order valence-corrected chi connectivity index (χ3v) is 3.36. The van der Waals surface area contributed by atoms with Gasteiger partial charge < -0.3 is 20.3 Å². The lowest BCUT2D eigenvalue weighted by atomic mass is 10.2. The van der Waals surface area contributed by atoms with Crippen molar-refractivity contribution in [2.24, 2.45) is 0 Å². The van der Waals surface area contributed by atoms with Crippen molar-refractivity contribution in [2.45, 2.75) is 24.5 Å². The molecule has 4 rings (SSSR count). The van der Waals surface area contributed by atoms with Crippen LogP contribution in [0.1, 0.15) is 6.23 Å². The van der Waals surface area contributed by atoms with Crippen LogP contribution in [0.2, 0.25) is 0 Å². The van der Waals surface area contributed by atoms with Crippen molar-refractivity contribution in [1.82, 2.24) is 19.5 Å². The summed E-state index contributed by atoms with van der Waals surface area (Å²) < 4.78 is 12.9. The van der Waals surface area contributed by atoms with Crippen LogP contribution in [-0.4, -0.2) is 49.5 Å². The predicted octanol–water partition coefficient (Wildman–Crippen LogP) is -0.934. The second-order valence-corrected chi connectivity index (χ2v) is 4.40. The van der Waals surface area contributed by atoms with E-state index in [1.165, 1.54) is 6.33 Å². The largest absolute Gasteiger partial charge is 0.394 e. The first kappa shape index (κ1) is 10.2. The smallest absolute Gasteiger partial charge is 0.167 e. The molecule has 2 aromatic rings. The van der Waals surface area contributed by atoms with E-state index < -0.39 is 0 Å². The average Bonchev–Trinajstić information content (AvgIpc) is 2.91. The third-order valence-electron chi connectivity index (χ3n) is 3.36. The van der Waals surface area contributed by atoms with Crippen LogP contribution in [0.4, 0.5) is 5.82 Å². The van der Waals surface area contributed by atoms with E-state index in [1.807, 2.05) is 0 Å². The molecule has 0 saturated carbocycles. The van der Waals surface area contributed by atoms with E-state index in [-0.39, 0.29) is 31.1 Å². The topological polar surface area (TPSA) is 112 Å². The number of hydrogen-bond acceptors (Lipinski definition) is 7. The maximum atomic E-state index is 9.16. The van der Waals surface area contributed by atoms with Gasteiger partial charge in [-0.25, -0.2) is 15.0 Å². The number of nitrogens with two attached hydrogens (primary N) is 1. The molecule has 18 heavy (non-hydrogen) atoms. The highest BCUT2D eigenvalue weighted by Gasteiger charge is 2.58. The van der Waals surface area contributed by atoms with Gasteiger partial charge in [0, 0.05) is 0 Å². The lowest BCUT2D eigenvalue weighted by molar-refractivity contribution is -0.0823. The Morgan fingerprint density at radius 1 is 1.28 bits per heavy atom. The Kier molecular flexibility index (Phi) is 1.91. The zero-order valence-corrected chi connectivity index (χ0v) is 9.30. The number of imidazole rings is 1. The average molecular weight is 249 g/mol. The number of ether oxygens (including phenoxy) is 2. The van der Waals surface area contributed by atoms with Crippen LogP contribution in [0.25, 0.3) is 11.2 Å². The number of aromatic nitrogens is 4. The van der Waals surface area contributed by atoms with Crippen molar-refractivity contribution in [3.05, 3.63) is 12.7 Å². The minimum Gasteiger partial charge on any atom is -0.394 e.